The van der Waals surface area contributed by atoms with Gasteiger partial charge in [0.05, 0.1) is 6.61 Å². The highest BCUT2D eigenvalue weighted by Gasteiger charge is 2.08. The van der Waals surface area contributed by atoms with Gasteiger partial charge in [-0.2, -0.15) is 0 Å². The van der Waals surface area contributed by atoms with Crippen molar-refractivity contribution in [2.45, 2.75) is 59.8 Å². The molecule has 0 N–H and O–H groups in total. The van der Waals surface area contributed by atoms with Crippen molar-refractivity contribution in [2.75, 3.05) is 6.61 Å². The molecule has 0 fully saturated rings. The van der Waals surface area contributed by atoms with E-state index in [4.69, 9.17) is 4.74 Å². The fourth-order valence-electron chi connectivity index (χ4n) is 2.18. The minimum Gasteiger partial charge on any atom is -0.493 e. The molecule has 0 bridgehead atoms. The molecule has 0 atom stereocenters. The molecule has 0 saturated carbocycles. The van der Waals surface area contributed by atoms with E-state index in [9.17, 15) is 9.18 Å². The zero-order valence-corrected chi connectivity index (χ0v) is 14.3. The van der Waals surface area contributed by atoms with E-state index in [1.807, 2.05) is 13.8 Å². The van der Waals surface area contributed by atoms with Crippen molar-refractivity contribution in [3.63, 3.8) is 0 Å². The Hall–Kier alpha value is -1.38. The largest absolute Gasteiger partial charge is 0.493 e. The molecular weight excluding hydrogens is 279 g/mol. The quantitative estimate of drug-likeness (QED) is 0.556. The molecule has 0 aliphatic rings. The number of ether oxygens (including phenoxy) is 1. The second kappa shape index (κ2) is 9.60. The van der Waals surface area contributed by atoms with Crippen molar-refractivity contribution in [1.29, 1.82) is 0 Å². The van der Waals surface area contributed by atoms with E-state index in [0.29, 0.717) is 36.7 Å². The minimum absolute atomic E-state index is 0.118. The highest BCUT2D eigenvalue weighted by atomic mass is 19.1. The number of halogens is 1. The molecule has 1 rings (SSSR count). The van der Waals surface area contributed by atoms with Gasteiger partial charge in [0.2, 0.25) is 0 Å². The van der Waals surface area contributed by atoms with Crippen LogP contribution in [0.15, 0.2) is 18.2 Å². The summed E-state index contributed by atoms with van der Waals surface area (Å²) in [7, 11) is 0. The Bertz CT molecular complexity index is 467. The van der Waals surface area contributed by atoms with Crippen LogP contribution in [0.2, 0.25) is 0 Å². The normalized spacial score (nSPS) is 11.2. The molecule has 0 spiro atoms. The summed E-state index contributed by atoms with van der Waals surface area (Å²) in [4.78, 5) is 11.5. The number of carbonyl (C=O) groups is 1. The first-order chi connectivity index (χ1) is 10.4. The lowest BCUT2D eigenvalue weighted by atomic mass is 10.0. The van der Waals surface area contributed by atoms with Gasteiger partial charge in [-0.05, 0) is 48.9 Å². The van der Waals surface area contributed by atoms with Crippen LogP contribution in [0.4, 0.5) is 4.39 Å². The molecule has 0 amide bonds. The molecule has 1 aromatic rings. The summed E-state index contributed by atoms with van der Waals surface area (Å²) >= 11 is 0. The smallest absolute Gasteiger partial charge is 0.135 e. The summed E-state index contributed by atoms with van der Waals surface area (Å²) in [5.41, 5.74) is 0.705. The van der Waals surface area contributed by atoms with Crippen molar-refractivity contribution in [3.8, 4) is 5.75 Å². The van der Waals surface area contributed by atoms with Crippen molar-refractivity contribution < 1.29 is 13.9 Å². The minimum atomic E-state index is -0.171. The Kier molecular flexibility index (Phi) is 8.15. The second-order valence-electron chi connectivity index (χ2n) is 6.64. The molecule has 0 aliphatic heterocycles. The van der Waals surface area contributed by atoms with Gasteiger partial charge >= 0.3 is 0 Å². The molecule has 2 nitrogen and oxygen atoms in total. The lowest BCUT2D eigenvalue weighted by Gasteiger charge is -2.11. The predicted molar refractivity (Wildman–Crippen MR) is 88.8 cm³/mol. The topological polar surface area (TPSA) is 26.3 Å². The molecule has 22 heavy (non-hydrogen) atoms. The number of hydrogen-bond acceptors (Lipinski definition) is 2. The van der Waals surface area contributed by atoms with Gasteiger partial charge in [0.25, 0.3) is 0 Å². The molecular formula is C19H29FO2. The van der Waals surface area contributed by atoms with Gasteiger partial charge in [-0.3, -0.25) is 4.79 Å². The van der Waals surface area contributed by atoms with E-state index < -0.39 is 0 Å². The third-order valence-electron chi connectivity index (χ3n) is 3.61. The summed E-state index contributed by atoms with van der Waals surface area (Å²) < 4.78 is 19.4. The Morgan fingerprint density at radius 3 is 2.50 bits per heavy atom. The van der Waals surface area contributed by atoms with Gasteiger partial charge in [0.15, 0.2) is 0 Å². The van der Waals surface area contributed by atoms with Crippen LogP contribution < -0.4 is 4.74 Å². The molecule has 0 radical (unpaired) electrons. The fourth-order valence-corrected chi connectivity index (χ4v) is 2.18. The Labute approximate surface area is 134 Å². The number of aryl methyl sites for hydroxylation is 1. The van der Waals surface area contributed by atoms with Gasteiger partial charge < -0.3 is 4.74 Å². The fraction of sp³-hybridized carbons (Fsp3) is 0.632. The summed E-state index contributed by atoms with van der Waals surface area (Å²) in [6.07, 6.45) is 4.07. The van der Waals surface area contributed by atoms with Gasteiger partial charge in [-0.25, -0.2) is 4.39 Å². The van der Waals surface area contributed by atoms with Gasteiger partial charge in [0, 0.05) is 12.3 Å². The number of hydrogen-bond donors (Lipinski definition) is 0. The van der Waals surface area contributed by atoms with Crippen molar-refractivity contribution >= 4 is 5.78 Å². The van der Waals surface area contributed by atoms with Crippen LogP contribution in [0.1, 0.15) is 58.9 Å². The SMILES string of the molecule is CC(C)COc1ccc(F)c(CCCCCC(=O)C(C)C)c1. The molecule has 124 valence electrons. The van der Waals surface area contributed by atoms with Crippen molar-refractivity contribution in [1.82, 2.24) is 0 Å². The van der Waals surface area contributed by atoms with Crippen LogP contribution in [0, 0.1) is 17.7 Å². The number of ketones is 1. The third kappa shape index (κ3) is 7.06. The summed E-state index contributed by atoms with van der Waals surface area (Å²) in [6.45, 7) is 8.68. The van der Waals surface area contributed by atoms with Crippen LogP contribution in [-0.4, -0.2) is 12.4 Å². The first kappa shape index (κ1) is 18.7. The van der Waals surface area contributed by atoms with E-state index in [1.165, 1.54) is 6.07 Å². The van der Waals surface area contributed by atoms with Gasteiger partial charge in [-0.15, -0.1) is 0 Å². The zero-order valence-electron chi connectivity index (χ0n) is 14.3. The summed E-state index contributed by atoms with van der Waals surface area (Å²) in [6, 6.07) is 4.97. The van der Waals surface area contributed by atoms with Crippen LogP contribution in [0.25, 0.3) is 0 Å². The lowest BCUT2D eigenvalue weighted by Crippen LogP contribution is -2.06. The maximum absolute atomic E-state index is 13.8. The monoisotopic (exact) mass is 308 g/mol. The first-order valence-electron chi connectivity index (χ1n) is 8.34. The number of carbonyl (C=O) groups excluding carboxylic acids is 1. The van der Waals surface area contributed by atoms with Crippen molar-refractivity contribution in [2.24, 2.45) is 11.8 Å². The first-order valence-corrected chi connectivity index (χ1v) is 8.34. The molecule has 3 heteroatoms. The highest BCUT2D eigenvalue weighted by Crippen LogP contribution is 2.20. The van der Waals surface area contributed by atoms with Gasteiger partial charge in [0.1, 0.15) is 17.3 Å². The molecule has 0 unspecified atom stereocenters. The summed E-state index contributed by atoms with van der Waals surface area (Å²) in [5, 5.41) is 0. The molecule has 0 saturated heterocycles. The zero-order chi connectivity index (χ0) is 16.5. The van der Waals surface area contributed by atoms with E-state index in [2.05, 4.69) is 13.8 Å². The summed E-state index contributed by atoms with van der Waals surface area (Å²) in [5.74, 6) is 1.45. The van der Waals surface area contributed by atoms with E-state index >= 15 is 0 Å². The van der Waals surface area contributed by atoms with Crippen molar-refractivity contribution in [3.05, 3.63) is 29.6 Å². The Morgan fingerprint density at radius 2 is 1.86 bits per heavy atom. The third-order valence-corrected chi connectivity index (χ3v) is 3.61. The average molecular weight is 308 g/mol. The highest BCUT2D eigenvalue weighted by molar-refractivity contribution is 5.80. The Morgan fingerprint density at radius 1 is 1.14 bits per heavy atom. The van der Waals surface area contributed by atoms with E-state index in [-0.39, 0.29) is 11.7 Å². The predicted octanol–water partition coefficient (Wildman–Crippen LogP) is 5.19. The average Bonchev–Trinajstić information content (AvgIpc) is 2.46. The van der Waals surface area contributed by atoms with E-state index in [0.717, 1.165) is 25.0 Å². The van der Waals surface area contributed by atoms with Crippen LogP contribution in [-0.2, 0) is 11.2 Å². The number of Topliss-reactive ketones (excluding diaryl/α,β-unsaturated/α-hetero) is 1. The Balaban J connectivity index is 2.38. The molecule has 0 aliphatic carbocycles. The second-order valence-corrected chi connectivity index (χ2v) is 6.64. The van der Waals surface area contributed by atoms with E-state index in [1.54, 1.807) is 12.1 Å². The van der Waals surface area contributed by atoms with Crippen LogP contribution in [0.5, 0.6) is 5.75 Å². The van der Waals surface area contributed by atoms with Gasteiger partial charge in [-0.1, -0.05) is 34.1 Å². The molecule has 0 aromatic heterocycles. The lowest BCUT2D eigenvalue weighted by molar-refractivity contribution is -0.122. The number of benzene rings is 1. The molecule has 1 aromatic carbocycles. The van der Waals surface area contributed by atoms with Crippen LogP contribution in [0.3, 0.4) is 0 Å². The standard InChI is InChI=1S/C19H29FO2/c1-14(2)13-22-17-10-11-18(20)16(12-17)8-6-5-7-9-19(21)15(3)4/h10-12,14-15H,5-9,13H2,1-4H3. The van der Waals surface area contributed by atoms with Crippen LogP contribution >= 0.6 is 0 Å². The molecule has 0 heterocycles. The maximum Gasteiger partial charge on any atom is 0.135 e. The maximum atomic E-state index is 13.8. The number of unbranched alkanes of at least 4 members (excludes halogenated alkanes) is 2. The number of rotatable bonds is 10.